The fourth-order valence-corrected chi connectivity index (χ4v) is 2.91. The second kappa shape index (κ2) is 8.14. The van der Waals surface area contributed by atoms with Gasteiger partial charge in [-0.1, -0.05) is 11.6 Å². The molecular weight excluding hydrogens is 284 g/mol. The van der Waals surface area contributed by atoms with Gasteiger partial charge in [0.25, 0.3) is 0 Å². The van der Waals surface area contributed by atoms with Crippen LogP contribution < -0.4 is 5.32 Å². The molecular formula is C15H24N4OS. The topological polar surface area (TPSA) is 49.8 Å². The Balaban J connectivity index is 1.78. The molecule has 116 valence electrons. The largest absolute Gasteiger partial charge is 0.377 e. The number of nitrogens with one attached hydrogen (secondary N) is 1. The van der Waals surface area contributed by atoms with Crippen LogP contribution in [-0.4, -0.2) is 49.7 Å². The highest BCUT2D eigenvalue weighted by Gasteiger charge is 2.09. The van der Waals surface area contributed by atoms with E-state index in [1.165, 1.54) is 5.57 Å². The maximum atomic E-state index is 5.32. The van der Waals surface area contributed by atoms with Crippen LogP contribution in [0.15, 0.2) is 22.0 Å². The van der Waals surface area contributed by atoms with Gasteiger partial charge in [0.2, 0.25) is 0 Å². The number of nitrogens with zero attached hydrogens (tertiary/aromatic N) is 3. The molecule has 2 heterocycles. The quantitative estimate of drug-likeness (QED) is 0.515. The molecule has 0 spiro atoms. The zero-order chi connectivity index (χ0) is 15.1. The highest BCUT2D eigenvalue weighted by molar-refractivity contribution is 7.09. The monoisotopic (exact) mass is 308 g/mol. The molecule has 6 heteroatoms. The second-order valence-electron chi connectivity index (χ2n) is 5.13. The van der Waals surface area contributed by atoms with E-state index in [0.717, 1.165) is 55.8 Å². The average Bonchev–Trinajstić information content (AvgIpc) is 2.89. The molecule has 0 atom stereocenters. The van der Waals surface area contributed by atoms with Gasteiger partial charge in [0, 0.05) is 26.0 Å². The molecule has 5 nitrogen and oxygen atoms in total. The zero-order valence-electron chi connectivity index (χ0n) is 13.1. The van der Waals surface area contributed by atoms with Crippen LogP contribution in [-0.2, 0) is 11.3 Å². The molecule has 0 radical (unpaired) electrons. The third-order valence-corrected chi connectivity index (χ3v) is 4.25. The van der Waals surface area contributed by atoms with Crippen molar-refractivity contribution in [1.82, 2.24) is 15.2 Å². The molecule has 1 aliphatic rings. The number of guanidine groups is 1. The summed E-state index contributed by atoms with van der Waals surface area (Å²) in [6.07, 6.45) is 4.29. The number of aromatic nitrogens is 1. The van der Waals surface area contributed by atoms with Crippen molar-refractivity contribution < 1.29 is 4.74 Å². The number of aryl methyl sites for hydroxylation is 1. The molecule has 0 saturated heterocycles. The zero-order valence-corrected chi connectivity index (χ0v) is 13.9. The third kappa shape index (κ3) is 5.13. The smallest absolute Gasteiger partial charge is 0.193 e. The lowest BCUT2D eigenvalue weighted by molar-refractivity contribution is 0.153. The Morgan fingerprint density at radius 1 is 1.57 bits per heavy atom. The number of hydrogen-bond donors (Lipinski definition) is 1. The van der Waals surface area contributed by atoms with Gasteiger partial charge in [0.1, 0.15) is 0 Å². The molecule has 0 bridgehead atoms. The maximum Gasteiger partial charge on any atom is 0.193 e. The van der Waals surface area contributed by atoms with Gasteiger partial charge in [-0.15, -0.1) is 11.3 Å². The number of rotatable bonds is 5. The van der Waals surface area contributed by atoms with Crippen LogP contribution in [0.25, 0.3) is 0 Å². The maximum absolute atomic E-state index is 5.32. The van der Waals surface area contributed by atoms with Crippen molar-refractivity contribution in [3.8, 4) is 0 Å². The van der Waals surface area contributed by atoms with Crippen molar-refractivity contribution in [3.05, 3.63) is 27.7 Å². The van der Waals surface area contributed by atoms with Crippen molar-refractivity contribution in [3.63, 3.8) is 0 Å². The summed E-state index contributed by atoms with van der Waals surface area (Å²) < 4.78 is 5.32. The van der Waals surface area contributed by atoms with E-state index in [4.69, 9.17) is 4.74 Å². The van der Waals surface area contributed by atoms with E-state index in [-0.39, 0.29) is 0 Å². The van der Waals surface area contributed by atoms with Gasteiger partial charge < -0.3 is 15.0 Å². The Morgan fingerprint density at radius 3 is 3.05 bits per heavy atom. The first-order valence-corrected chi connectivity index (χ1v) is 8.15. The van der Waals surface area contributed by atoms with Gasteiger partial charge in [-0.3, -0.25) is 4.99 Å². The SMILES string of the molecule is CN=C(NCCC1=CCOCC1)N(C)Cc1csc(C)n1. The Kier molecular flexibility index (Phi) is 6.20. The number of hydrogen-bond acceptors (Lipinski definition) is 4. The van der Waals surface area contributed by atoms with E-state index >= 15 is 0 Å². The van der Waals surface area contributed by atoms with E-state index in [9.17, 15) is 0 Å². The van der Waals surface area contributed by atoms with Crippen LogP contribution in [0.1, 0.15) is 23.5 Å². The van der Waals surface area contributed by atoms with Crippen LogP contribution in [0.3, 0.4) is 0 Å². The summed E-state index contributed by atoms with van der Waals surface area (Å²) >= 11 is 1.68. The molecule has 2 rings (SSSR count). The molecule has 0 saturated carbocycles. The molecule has 21 heavy (non-hydrogen) atoms. The fraction of sp³-hybridized carbons (Fsp3) is 0.600. The summed E-state index contributed by atoms with van der Waals surface area (Å²) in [7, 11) is 3.86. The van der Waals surface area contributed by atoms with E-state index in [1.807, 2.05) is 21.0 Å². The Labute approximate surface area is 130 Å². The molecule has 0 aliphatic carbocycles. The molecule has 1 aromatic heterocycles. The van der Waals surface area contributed by atoms with Crippen LogP contribution in [0.4, 0.5) is 0 Å². The first-order valence-electron chi connectivity index (χ1n) is 7.27. The molecule has 1 aromatic rings. The summed E-state index contributed by atoms with van der Waals surface area (Å²) in [6, 6.07) is 0. The van der Waals surface area contributed by atoms with Gasteiger partial charge in [-0.05, 0) is 19.8 Å². The third-order valence-electron chi connectivity index (χ3n) is 3.43. The summed E-state index contributed by atoms with van der Waals surface area (Å²) in [6.45, 7) is 5.32. The highest BCUT2D eigenvalue weighted by Crippen LogP contribution is 2.11. The minimum atomic E-state index is 0.757. The van der Waals surface area contributed by atoms with Crippen LogP contribution in [0, 0.1) is 6.92 Å². The van der Waals surface area contributed by atoms with Gasteiger partial charge in [0.05, 0.1) is 30.5 Å². The van der Waals surface area contributed by atoms with Gasteiger partial charge >= 0.3 is 0 Å². The number of ether oxygens (including phenoxy) is 1. The summed E-state index contributed by atoms with van der Waals surface area (Å²) in [4.78, 5) is 10.9. The average molecular weight is 308 g/mol. The molecule has 0 aromatic carbocycles. The van der Waals surface area contributed by atoms with Gasteiger partial charge in [-0.2, -0.15) is 0 Å². The van der Waals surface area contributed by atoms with Crippen molar-refractivity contribution in [1.29, 1.82) is 0 Å². The van der Waals surface area contributed by atoms with Crippen molar-refractivity contribution in [2.45, 2.75) is 26.3 Å². The molecule has 1 N–H and O–H groups in total. The predicted molar refractivity (Wildman–Crippen MR) is 87.8 cm³/mol. The van der Waals surface area contributed by atoms with Crippen molar-refractivity contribution in [2.24, 2.45) is 4.99 Å². The normalized spacial score (nSPS) is 15.8. The Hall–Kier alpha value is -1.40. The predicted octanol–water partition coefficient (Wildman–Crippen LogP) is 2.20. The summed E-state index contributed by atoms with van der Waals surface area (Å²) in [5.74, 6) is 0.910. The summed E-state index contributed by atoms with van der Waals surface area (Å²) in [5.41, 5.74) is 2.57. The van der Waals surface area contributed by atoms with Crippen molar-refractivity contribution >= 4 is 17.3 Å². The highest BCUT2D eigenvalue weighted by atomic mass is 32.1. The number of thiazole rings is 1. The van der Waals surface area contributed by atoms with Crippen LogP contribution >= 0.6 is 11.3 Å². The molecule has 0 unspecified atom stereocenters. The lowest BCUT2D eigenvalue weighted by Crippen LogP contribution is -2.39. The molecule has 0 amide bonds. The van der Waals surface area contributed by atoms with Gasteiger partial charge in [0.15, 0.2) is 5.96 Å². The van der Waals surface area contributed by atoms with Crippen LogP contribution in [0.5, 0.6) is 0 Å². The van der Waals surface area contributed by atoms with E-state index in [2.05, 4.69) is 31.6 Å². The molecule has 0 fully saturated rings. The summed E-state index contributed by atoms with van der Waals surface area (Å²) in [5, 5.41) is 6.62. The Morgan fingerprint density at radius 2 is 2.43 bits per heavy atom. The first-order chi connectivity index (χ1) is 10.2. The lowest BCUT2D eigenvalue weighted by atomic mass is 10.1. The van der Waals surface area contributed by atoms with Crippen LogP contribution in [0.2, 0.25) is 0 Å². The lowest BCUT2D eigenvalue weighted by Gasteiger charge is -2.22. The van der Waals surface area contributed by atoms with E-state index in [0.29, 0.717) is 0 Å². The van der Waals surface area contributed by atoms with Gasteiger partial charge in [-0.25, -0.2) is 4.98 Å². The fourth-order valence-electron chi connectivity index (χ4n) is 2.31. The van der Waals surface area contributed by atoms with Crippen molar-refractivity contribution in [2.75, 3.05) is 33.9 Å². The Bertz CT molecular complexity index is 510. The number of aliphatic imine (C=N–C) groups is 1. The van der Waals surface area contributed by atoms with E-state index in [1.54, 1.807) is 11.3 Å². The minimum Gasteiger partial charge on any atom is -0.377 e. The second-order valence-corrected chi connectivity index (χ2v) is 6.19. The molecule has 1 aliphatic heterocycles. The van der Waals surface area contributed by atoms with E-state index < -0.39 is 0 Å². The standard InChI is InChI=1S/C15H24N4OS/c1-12-18-14(11-21-12)10-19(3)15(16-2)17-7-4-13-5-8-20-9-6-13/h5,11H,4,6-10H2,1-3H3,(H,16,17). The minimum absolute atomic E-state index is 0.757. The first kappa shape index (κ1) is 16.0.